The molecule has 6 nitrogen and oxygen atoms in total. The molecular formula is C12H16ClN3O3S. The molecule has 1 aliphatic heterocycles. The van der Waals surface area contributed by atoms with Crippen LogP contribution in [-0.2, 0) is 9.84 Å². The average Bonchev–Trinajstić information content (AvgIpc) is 2.37. The van der Waals surface area contributed by atoms with Gasteiger partial charge in [-0.05, 0) is 24.8 Å². The van der Waals surface area contributed by atoms with Crippen molar-refractivity contribution in [3.8, 4) is 0 Å². The minimum atomic E-state index is -2.86. The average molecular weight is 318 g/mol. The van der Waals surface area contributed by atoms with E-state index in [0.29, 0.717) is 30.1 Å². The number of amides is 2. The fourth-order valence-corrected chi connectivity index (χ4v) is 3.80. The van der Waals surface area contributed by atoms with E-state index < -0.39 is 9.84 Å². The van der Waals surface area contributed by atoms with E-state index in [1.807, 2.05) is 0 Å². The molecule has 0 spiro atoms. The Kier molecular flexibility index (Phi) is 4.82. The van der Waals surface area contributed by atoms with Gasteiger partial charge >= 0.3 is 6.03 Å². The molecular weight excluding hydrogens is 302 g/mol. The fraction of sp³-hybridized carbons (Fsp3) is 0.500. The lowest BCUT2D eigenvalue weighted by atomic mass is 10.0. The summed E-state index contributed by atoms with van der Waals surface area (Å²) in [6, 6.07) is 1.25. The Morgan fingerprint density at radius 2 is 2.05 bits per heavy atom. The maximum atomic E-state index is 11.7. The highest BCUT2D eigenvalue weighted by Crippen LogP contribution is 2.18. The number of aromatic nitrogens is 1. The van der Waals surface area contributed by atoms with Gasteiger partial charge in [-0.1, -0.05) is 11.6 Å². The second-order valence-corrected chi connectivity index (χ2v) is 7.56. The van der Waals surface area contributed by atoms with Crippen LogP contribution in [0.5, 0.6) is 0 Å². The van der Waals surface area contributed by atoms with Crippen LogP contribution in [0.25, 0.3) is 0 Å². The summed E-state index contributed by atoms with van der Waals surface area (Å²) in [6.07, 6.45) is 4.18. The van der Waals surface area contributed by atoms with Crippen molar-refractivity contribution in [2.24, 2.45) is 5.92 Å². The van der Waals surface area contributed by atoms with E-state index in [2.05, 4.69) is 15.6 Å². The summed E-state index contributed by atoms with van der Waals surface area (Å²) in [5.74, 6) is 0.625. The van der Waals surface area contributed by atoms with Crippen molar-refractivity contribution in [1.29, 1.82) is 0 Å². The monoisotopic (exact) mass is 317 g/mol. The van der Waals surface area contributed by atoms with Crippen LogP contribution < -0.4 is 10.6 Å². The highest BCUT2D eigenvalue weighted by molar-refractivity contribution is 7.91. The second kappa shape index (κ2) is 6.41. The third-order valence-electron chi connectivity index (χ3n) is 3.19. The molecule has 1 fully saturated rings. The van der Waals surface area contributed by atoms with Gasteiger partial charge in [0.15, 0.2) is 0 Å². The van der Waals surface area contributed by atoms with Crippen molar-refractivity contribution in [2.45, 2.75) is 12.8 Å². The number of hydrogen-bond acceptors (Lipinski definition) is 4. The van der Waals surface area contributed by atoms with Gasteiger partial charge in [-0.25, -0.2) is 13.2 Å². The highest BCUT2D eigenvalue weighted by Gasteiger charge is 2.23. The number of hydrogen-bond donors (Lipinski definition) is 2. The Bertz CT molecular complexity index is 577. The largest absolute Gasteiger partial charge is 0.338 e. The van der Waals surface area contributed by atoms with E-state index in [4.69, 9.17) is 11.6 Å². The minimum absolute atomic E-state index is 0.208. The van der Waals surface area contributed by atoms with Crippen molar-refractivity contribution >= 4 is 33.2 Å². The van der Waals surface area contributed by atoms with Gasteiger partial charge in [0.05, 0.1) is 28.4 Å². The van der Waals surface area contributed by atoms with E-state index >= 15 is 0 Å². The second-order valence-electron chi connectivity index (χ2n) is 4.82. The Balaban J connectivity index is 1.76. The molecule has 0 aliphatic carbocycles. The summed E-state index contributed by atoms with van der Waals surface area (Å²) in [7, 11) is -2.86. The molecule has 2 rings (SSSR count). The first-order valence-electron chi connectivity index (χ1n) is 6.30. The third-order valence-corrected chi connectivity index (χ3v) is 5.11. The van der Waals surface area contributed by atoms with Crippen LogP contribution in [0.1, 0.15) is 12.8 Å². The number of nitrogens with one attached hydrogen (secondary N) is 2. The van der Waals surface area contributed by atoms with Crippen LogP contribution >= 0.6 is 11.6 Å². The molecule has 2 heterocycles. The number of urea groups is 1. The first-order valence-corrected chi connectivity index (χ1v) is 8.50. The van der Waals surface area contributed by atoms with Crippen LogP contribution in [0.3, 0.4) is 0 Å². The molecule has 2 amide bonds. The molecule has 8 heteroatoms. The molecule has 0 atom stereocenters. The zero-order valence-electron chi connectivity index (χ0n) is 10.8. The Morgan fingerprint density at radius 3 is 2.70 bits per heavy atom. The van der Waals surface area contributed by atoms with Gasteiger partial charge in [-0.3, -0.25) is 4.98 Å². The summed E-state index contributed by atoms with van der Waals surface area (Å²) in [6.45, 7) is 0.468. The molecule has 110 valence electrons. The van der Waals surface area contributed by atoms with Gasteiger partial charge < -0.3 is 10.6 Å². The molecule has 1 saturated heterocycles. The standard InChI is InChI=1S/C12H16ClN3O3S/c13-10-5-11(8-14-7-10)16-12(17)15-6-9-1-3-20(18,19)4-2-9/h5,7-9H,1-4,6H2,(H2,15,16,17). The lowest BCUT2D eigenvalue weighted by Gasteiger charge is -2.22. The number of anilines is 1. The number of carbonyl (C=O) groups excluding carboxylic acids is 1. The van der Waals surface area contributed by atoms with E-state index in [1.165, 1.54) is 12.4 Å². The van der Waals surface area contributed by atoms with E-state index in [-0.39, 0.29) is 23.5 Å². The molecule has 0 saturated carbocycles. The molecule has 1 aromatic rings. The van der Waals surface area contributed by atoms with Crippen LogP contribution in [-0.4, -0.2) is 37.5 Å². The molecule has 0 aromatic carbocycles. The maximum absolute atomic E-state index is 11.7. The first kappa shape index (κ1) is 15.1. The molecule has 1 aliphatic rings. The van der Waals surface area contributed by atoms with Gasteiger partial charge in [0.25, 0.3) is 0 Å². The topological polar surface area (TPSA) is 88.2 Å². The number of sulfone groups is 1. The van der Waals surface area contributed by atoms with Crippen molar-refractivity contribution in [3.05, 3.63) is 23.5 Å². The zero-order chi connectivity index (χ0) is 14.6. The van der Waals surface area contributed by atoms with Gasteiger partial charge in [0.1, 0.15) is 9.84 Å². The normalized spacial score (nSPS) is 18.4. The Labute approximate surface area is 122 Å². The summed E-state index contributed by atoms with van der Waals surface area (Å²) >= 11 is 5.76. The Hall–Kier alpha value is -1.34. The first-order chi connectivity index (χ1) is 9.44. The van der Waals surface area contributed by atoms with Crippen molar-refractivity contribution < 1.29 is 13.2 Å². The van der Waals surface area contributed by atoms with Crippen molar-refractivity contribution in [1.82, 2.24) is 10.3 Å². The number of halogens is 1. The molecule has 0 unspecified atom stereocenters. The predicted octanol–water partition coefficient (Wildman–Crippen LogP) is 1.68. The lowest BCUT2D eigenvalue weighted by Crippen LogP contribution is -2.36. The summed E-state index contributed by atoms with van der Waals surface area (Å²) in [4.78, 5) is 15.5. The van der Waals surface area contributed by atoms with E-state index in [1.54, 1.807) is 6.07 Å². The Morgan fingerprint density at radius 1 is 1.35 bits per heavy atom. The van der Waals surface area contributed by atoms with Crippen LogP contribution in [0, 0.1) is 5.92 Å². The number of carbonyl (C=O) groups is 1. The number of rotatable bonds is 3. The zero-order valence-corrected chi connectivity index (χ0v) is 12.4. The fourth-order valence-electron chi connectivity index (χ4n) is 2.04. The highest BCUT2D eigenvalue weighted by atomic mass is 35.5. The van der Waals surface area contributed by atoms with Crippen LogP contribution in [0.15, 0.2) is 18.5 Å². The smallest absolute Gasteiger partial charge is 0.319 e. The SMILES string of the molecule is O=C(NCC1CCS(=O)(=O)CC1)Nc1cncc(Cl)c1. The molecule has 1 aromatic heterocycles. The summed E-state index contributed by atoms with van der Waals surface area (Å²) in [5, 5.41) is 5.80. The van der Waals surface area contributed by atoms with Crippen molar-refractivity contribution in [2.75, 3.05) is 23.4 Å². The predicted molar refractivity (Wildman–Crippen MR) is 77.6 cm³/mol. The number of pyridine rings is 1. The molecule has 2 N–H and O–H groups in total. The summed E-state index contributed by atoms with van der Waals surface area (Å²) < 4.78 is 22.6. The molecule has 0 radical (unpaired) electrons. The third kappa shape index (κ3) is 4.64. The lowest BCUT2D eigenvalue weighted by molar-refractivity contribution is 0.249. The van der Waals surface area contributed by atoms with E-state index in [9.17, 15) is 13.2 Å². The molecule has 0 bridgehead atoms. The number of nitrogens with zero attached hydrogens (tertiary/aromatic N) is 1. The minimum Gasteiger partial charge on any atom is -0.338 e. The molecule has 20 heavy (non-hydrogen) atoms. The van der Waals surface area contributed by atoms with Gasteiger partial charge in [-0.2, -0.15) is 0 Å². The van der Waals surface area contributed by atoms with Gasteiger partial charge in [0, 0.05) is 12.7 Å². The quantitative estimate of drug-likeness (QED) is 0.887. The van der Waals surface area contributed by atoms with Crippen molar-refractivity contribution in [3.63, 3.8) is 0 Å². The van der Waals surface area contributed by atoms with Gasteiger partial charge in [-0.15, -0.1) is 0 Å². The van der Waals surface area contributed by atoms with Crippen LogP contribution in [0.2, 0.25) is 5.02 Å². The van der Waals surface area contributed by atoms with Gasteiger partial charge in [0.2, 0.25) is 0 Å². The van der Waals surface area contributed by atoms with Crippen LogP contribution in [0.4, 0.5) is 10.5 Å². The maximum Gasteiger partial charge on any atom is 0.319 e. The summed E-state index contributed by atoms with van der Waals surface area (Å²) in [5.41, 5.74) is 0.515. The van der Waals surface area contributed by atoms with E-state index in [0.717, 1.165) is 0 Å².